The molecule has 3 rings (SSSR count). The molecular formula is C16H21N3O2. The van der Waals surface area contributed by atoms with Gasteiger partial charge in [-0.05, 0) is 25.0 Å². The Kier molecular flexibility index (Phi) is 4.08. The average molecular weight is 287 g/mol. The monoisotopic (exact) mass is 287 g/mol. The number of benzene rings is 1. The van der Waals surface area contributed by atoms with Crippen molar-refractivity contribution in [3.8, 4) is 0 Å². The van der Waals surface area contributed by atoms with Crippen LogP contribution in [-0.2, 0) is 9.59 Å². The molecule has 2 aliphatic rings. The number of hydrogen-bond acceptors (Lipinski definition) is 3. The highest BCUT2D eigenvalue weighted by Crippen LogP contribution is 2.17. The molecule has 1 N–H and O–H groups in total. The molecule has 0 bridgehead atoms. The molecule has 0 unspecified atom stereocenters. The van der Waals surface area contributed by atoms with Crippen molar-refractivity contribution in [3.63, 3.8) is 0 Å². The van der Waals surface area contributed by atoms with E-state index in [1.165, 1.54) is 5.69 Å². The Morgan fingerprint density at radius 2 is 1.90 bits per heavy atom. The first kappa shape index (κ1) is 13.9. The zero-order valence-corrected chi connectivity index (χ0v) is 12.1. The van der Waals surface area contributed by atoms with Crippen molar-refractivity contribution in [2.75, 3.05) is 31.1 Å². The van der Waals surface area contributed by atoms with E-state index in [1.807, 2.05) is 23.1 Å². The molecule has 2 aliphatic heterocycles. The fourth-order valence-electron chi connectivity index (χ4n) is 3.05. The minimum Gasteiger partial charge on any atom is -0.370 e. The number of nitrogens with one attached hydrogen (secondary N) is 1. The summed E-state index contributed by atoms with van der Waals surface area (Å²) in [6.45, 7) is 3.30. The molecule has 1 aromatic carbocycles. The van der Waals surface area contributed by atoms with E-state index >= 15 is 0 Å². The lowest BCUT2D eigenvalue weighted by atomic mass is 10.2. The summed E-state index contributed by atoms with van der Waals surface area (Å²) in [5, 5.41) is 2.77. The molecule has 1 atom stereocenters. The summed E-state index contributed by atoms with van der Waals surface area (Å²) in [7, 11) is 0. The molecule has 21 heavy (non-hydrogen) atoms. The second-order valence-corrected chi connectivity index (χ2v) is 5.66. The Bertz CT molecular complexity index is 518. The Morgan fingerprint density at radius 3 is 2.62 bits per heavy atom. The lowest BCUT2D eigenvalue weighted by molar-refractivity contribution is -0.134. The van der Waals surface area contributed by atoms with Gasteiger partial charge in [0.2, 0.25) is 11.8 Å². The van der Waals surface area contributed by atoms with Crippen LogP contribution in [0.15, 0.2) is 30.3 Å². The van der Waals surface area contributed by atoms with E-state index in [0.717, 1.165) is 32.6 Å². The summed E-state index contributed by atoms with van der Waals surface area (Å²) in [6.07, 6.45) is 2.07. The Balaban J connectivity index is 1.60. The van der Waals surface area contributed by atoms with E-state index in [2.05, 4.69) is 22.3 Å². The SMILES string of the molecule is O=C1CC[C@H](C(=O)N2CCCN(c3ccccc3)CC2)N1. The summed E-state index contributed by atoms with van der Waals surface area (Å²) in [5.41, 5.74) is 1.21. The number of anilines is 1. The van der Waals surface area contributed by atoms with Crippen LogP contribution in [0.25, 0.3) is 0 Å². The molecule has 0 aliphatic carbocycles. The van der Waals surface area contributed by atoms with Crippen LogP contribution in [0.4, 0.5) is 5.69 Å². The van der Waals surface area contributed by atoms with E-state index in [-0.39, 0.29) is 17.9 Å². The van der Waals surface area contributed by atoms with Crippen molar-refractivity contribution >= 4 is 17.5 Å². The summed E-state index contributed by atoms with van der Waals surface area (Å²) in [4.78, 5) is 27.9. The van der Waals surface area contributed by atoms with E-state index in [4.69, 9.17) is 0 Å². The Hall–Kier alpha value is -2.04. The van der Waals surface area contributed by atoms with Gasteiger partial charge in [-0.3, -0.25) is 9.59 Å². The molecule has 0 aromatic heterocycles. The van der Waals surface area contributed by atoms with Gasteiger partial charge in [-0.25, -0.2) is 0 Å². The number of carbonyl (C=O) groups excluding carboxylic acids is 2. The topological polar surface area (TPSA) is 52.7 Å². The molecule has 5 nitrogen and oxygen atoms in total. The largest absolute Gasteiger partial charge is 0.370 e. The molecule has 5 heteroatoms. The highest BCUT2D eigenvalue weighted by Gasteiger charge is 2.31. The summed E-state index contributed by atoms with van der Waals surface area (Å²) >= 11 is 0. The predicted octanol–water partition coefficient (Wildman–Crippen LogP) is 1.00. The van der Waals surface area contributed by atoms with Crippen LogP contribution < -0.4 is 10.2 Å². The normalized spacial score (nSPS) is 22.9. The van der Waals surface area contributed by atoms with Crippen molar-refractivity contribution in [3.05, 3.63) is 30.3 Å². The zero-order valence-electron chi connectivity index (χ0n) is 12.1. The molecule has 2 amide bonds. The van der Waals surface area contributed by atoms with Gasteiger partial charge >= 0.3 is 0 Å². The van der Waals surface area contributed by atoms with Gasteiger partial charge in [-0.2, -0.15) is 0 Å². The van der Waals surface area contributed by atoms with E-state index in [0.29, 0.717) is 12.8 Å². The van der Waals surface area contributed by atoms with Crippen LogP contribution >= 0.6 is 0 Å². The quantitative estimate of drug-likeness (QED) is 0.883. The first-order valence-corrected chi connectivity index (χ1v) is 7.62. The van der Waals surface area contributed by atoms with Crippen LogP contribution in [0.5, 0.6) is 0 Å². The van der Waals surface area contributed by atoms with Gasteiger partial charge in [-0.15, -0.1) is 0 Å². The lowest BCUT2D eigenvalue weighted by Gasteiger charge is -2.25. The number of carbonyl (C=O) groups is 2. The summed E-state index contributed by atoms with van der Waals surface area (Å²) in [6, 6.07) is 10.00. The van der Waals surface area contributed by atoms with Crippen molar-refractivity contribution in [1.82, 2.24) is 10.2 Å². The molecule has 2 saturated heterocycles. The summed E-state index contributed by atoms with van der Waals surface area (Å²) in [5.74, 6) is 0.0739. The van der Waals surface area contributed by atoms with Crippen molar-refractivity contribution < 1.29 is 9.59 Å². The van der Waals surface area contributed by atoms with Gasteiger partial charge in [0, 0.05) is 38.3 Å². The third kappa shape index (κ3) is 3.17. The first-order valence-electron chi connectivity index (χ1n) is 7.62. The number of rotatable bonds is 2. The fourth-order valence-corrected chi connectivity index (χ4v) is 3.05. The third-order valence-corrected chi connectivity index (χ3v) is 4.22. The van der Waals surface area contributed by atoms with Gasteiger partial charge in [0.15, 0.2) is 0 Å². The van der Waals surface area contributed by atoms with Gasteiger partial charge in [-0.1, -0.05) is 18.2 Å². The highest BCUT2D eigenvalue weighted by molar-refractivity contribution is 5.90. The Labute approximate surface area is 124 Å². The minimum atomic E-state index is -0.305. The highest BCUT2D eigenvalue weighted by atomic mass is 16.2. The molecule has 2 fully saturated rings. The van der Waals surface area contributed by atoms with Gasteiger partial charge in [0.05, 0.1) is 0 Å². The van der Waals surface area contributed by atoms with Crippen LogP contribution in [0.3, 0.4) is 0 Å². The van der Waals surface area contributed by atoms with Gasteiger partial charge < -0.3 is 15.1 Å². The van der Waals surface area contributed by atoms with E-state index in [1.54, 1.807) is 0 Å². The molecule has 1 aromatic rings. The lowest BCUT2D eigenvalue weighted by Crippen LogP contribution is -2.45. The van der Waals surface area contributed by atoms with Gasteiger partial charge in [0.1, 0.15) is 6.04 Å². The second kappa shape index (κ2) is 6.16. The molecular weight excluding hydrogens is 266 g/mol. The molecule has 112 valence electrons. The zero-order chi connectivity index (χ0) is 14.7. The summed E-state index contributed by atoms with van der Waals surface area (Å²) < 4.78 is 0. The maximum atomic E-state index is 12.4. The maximum absolute atomic E-state index is 12.4. The van der Waals surface area contributed by atoms with Crippen LogP contribution in [0, 0.1) is 0 Å². The smallest absolute Gasteiger partial charge is 0.245 e. The van der Waals surface area contributed by atoms with E-state index < -0.39 is 0 Å². The van der Waals surface area contributed by atoms with Crippen LogP contribution in [0.2, 0.25) is 0 Å². The second-order valence-electron chi connectivity index (χ2n) is 5.66. The molecule has 2 heterocycles. The molecule has 0 spiro atoms. The van der Waals surface area contributed by atoms with Crippen molar-refractivity contribution in [1.29, 1.82) is 0 Å². The maximum Gasteiger partial charge on any atom is 0.245 e. The predicted molar refractivity (Wildman–Crippen MR) is 81.0 cm³/mol. The fraction of sp³-hybridized carbons (Fsp3) is 0.500. The molecule has 0 saturated carbocycles. The van der Waals surface area contributed by atoms with Crippen LogP contribution in [0.1, 0.15) is 19.3 Å². The van der Waals surface area contributed by atoms with Crippen molar-refractivity contribution in [2.24, 2.45) is 0 Å². The minimum absolute atomic E-state index is 0.00548. The average Bonchev–Trinajstić information content (AvgIpc) is 2.81. The first-order chi connectivity index (χ1) is 10.2. The Morgan fingerprint density at radius 1 is 1.10 bits per heavy atom. The number of nitrogens with zero attached hydrogens (tertiary/aromatic N) is 2. The number of para-hydroxylation sites is 1. The standard InChI is InChI=1S/C16H21N3O2/c20-15-8-7-14(17-15)16(21)19-10-4-9-18(11-12-19)13-5-2-1-3-6-13/h1-3,5-6,14H,4,7-12H2,(H,17,20)/t14-/m1/s1. The van der Waals surface area contributed by atoms with Crippen LogP contribution in [-0.4, -0.2) is 48.9 Å². The van der Waals surface area contributed by atoms with Crippen molar-refractivity contribution in [2.45, 2.75) is 25.3 Å². The van der Waals surface area contributed by atoms with Gasteiger partial charge in [0.25, 0.3) is 0 Å². The number of hydrogen-bond donors (Lipinski definition) is 1. The van der Waals surface area contributed by atoms with E-state index in [9.17, 15) is 9.59 Å². The third-order valence-electron chi connectivity index (χ3n) is 4.22. The molecule has 0 radical (unpaired) electrons. The number of amides is 2.